The Morgan fingerprint density at radius 1 is 1.43 bits per heavy atom. The summed E-state index contributed by atoms with van der Waals surface area (Å²) < 4.78 is 5.50. The van der Waals surface area contributed by atoms with Crippen molar-refractivity contribution < 1.29 is 4.74 Å². The van der Waals surface area contributed by atoms with Crippen molar-refractivity contribution in [2.75, 3.05) is 30.4 Å². The molecule has 0 amide bonds. The van der Waals surface area contributed by atoms with Gasteiger partial charge < -0.3 is 15.0 Å². The standard InChI is InChI=1S/C15H17N7O/c1-23-13-4-12(22(9-13)15-2-3-17-10-20-15)7-19-14-8-18-6-11(5-16)21-14/h2-3,6,8,10,12-13H,4,7,9H2,1H3,(H,19,21)/t12-,13-/m1/s1. The van der Waals surface area contributed by atoms with Crippen LogP contribution in [0.25, 0.3) is 0 Å². The van der Waals surface area contributed by atoms with Gasteiger partial charge in [0.1, 0.15) is 24.0 Å². The minimum absolute atomic E-state index is 0.160. The third-order valence-corrected chi connectivity index (χ3v) is 3.84. The van der Waals surface area contributed by atoms with Crippen molar-refractivity contribution in [3.63, 3.8) is 0 Å². The molecule has 0 unspecified atom stereocenters. The maximum Gasteiger partial charge on any atom is 0.161 e. The van der Waals surface area contributed by atoms with Gasteiger partial charge in [0, 0.05) is 26.4 Å². The van der Waals surface area contributed by atoms with Crippen molar-refractivity contribution >= 4 is 11.6 Å². The minimum atomic E-state index is 0.160. The molecule has 23 heavy (non-hydrogen) atoms. The van der Waals surface area contributed by atoms with E-state index >= 15 is 0 Å². The van der Waals surface area contributed by atoms with Crippen molar-refractivity contribution in [3.05, 3.63) is 36.7 Å². The smallest absolute Gasteiger partial charge is 0.161 e. The molecule has 0 saturated carbocycles. The van der Waals surface area contributed by atoms with Crippen LogP contribution in [0.5, 0.6) is 0 Å². The van der Waals surface area contributed by atoms with Crippen LogP contribution in [-0.4, -0.2) is 52.3 Å². The van der Waals surface area contributed by atoms with Crippen LogP contribution in [-0.2, 0) is 4.74 Å². The molecule has 3 heterocycles. The minimum Gasteiger partial charge on any atom is -0.380 e. The Kier molecular flexibility index (Phi) is 4.59. The number of nitriles is 1. The van der Waals surface area contributed by atoms with Crippen LogP contribution in [0.1, 0.15) is 12.1 Å². The molecule has 0 bridgehead atoms. The first-order valence-corrected chi connectivity index (χ1v) is 7.31. The quantitative estimate of drug-likeness (QED) is 0.867. The predicted octanol–water partition coefficient (Wildman–Crippen LogP) is 0.844. The monoisotopic (exact) mass is 311 g/mol. The fraction of sp³-hybridized carbons (Fsp3) is 0.400. The lowest BCUT2D eigenvalue weighted by Crippen LogP contribution is -2.35. The Bertz CT molecular complexity index is 688. The molecule has 118 valence electrons. The van der Waals surface area contributed by atoms with Gasteiger partial charge in [0.15, 0.2) is 5.69 Å². The van der Waals surface area contributed by atoms with Crippen molar-refractivity contribution in [2.24, 2.45) is 0 Å². The summed E-state index contributed by atoms with van der Waals surface area (Å²) in [7, 11) is 1.72. The van der Waals surface area contributed by atoms with Gasteiger partial charge in [0.2, 0.25) is 0 Å². The third kappa shape index (κ3) is 3.52. The second-order valence-electron chi connectivity index (χ2n) is 5.25. The molecule has 0 radical (unpaired) electrons. The number of hydrogen-bond donors (Lipinski definition) is 1. The van der Waals surface area contributed by atoms with Crippen molar-refractivity contribution in [2.45, 2.75) is 18.6 Å². The lowest BCUT2D eigenvalue weighted by atomic mass is 10.2. The maximum absolute atomic E-state index is 8.88. The lowest BCUT2D eigenvalue weighted by Gasteiger charge is -2.25. The first-order valence-electron chi connectivity index (χ1n) is 7.31. The Hall–Kier alpha value is -2.79. The predicted molar refractivity (Wildman–Crippen MR) is 83.8 cm³/mol. The van der Waals surface area contributed by atoms with Gasteiger partial charge in [-0.05, 0) is 12.5 Å². The van der Waals surface area contributed by atoms with Crippen LogP contribution in [0.4, 0.5) is 11.6 Å². The van der Waals surface area contributed by atoms with E-state index < -0.39 is 0 Å². The second kappa shape index (κ2) is 6.98. The summed E-state index contributed by atoms with van der Waals surface area (Å²) in [6, 6.07) is 4.09. The van der Waals surface area contributed by atoms with E-state index in [9.17, 15) is 0 Å². The third-order valence-electron chi connectivity index (χ3n) is 3.84. The van der Waals surface area contributed by atoms with Crippen molar-refractivity contribution in [1.82, 2.24) is 19.9 Å². The summed E-state index contributed by atoms with van der Waals surface area (Å²) in [5, 5.41) is 12.1. The van der Waals surface area contributed by atoms with E-state index in [0.717, 1.165) is 18.8 Å². The Morgan fingerprint density at radius 2 is 2.35 bits per heavy atom. The summed E-state index contributed by atoms with van der Waals surface area (Å²) in [4.78, 5) is 18.7. The van der Waals surface area contributed by atoms with Crippen LogP contribution >= 0.6 is 0 Å². The average Bonchev–Trinajstić information content (AvgIpc) is 3.04. The molecule has 0 aliphatic carbocycles. The highest BCUT2D eigenvalue weighted by Crippen LogP contribution is 2.25. The summed E-state index contributed by atoms with van der Waals surface area (Å²) in [6.07, 6.45) is 7.37. The molecule has 1 fully saturated rings. The first kappa shape index (κ1) is 15.1. The van der Waals surface area contributed by atoms with Crippen molar-refractivity contribution in [1.29, 1.82) is 5.26 Å². The van der Waals surface area contributed by atoms with Crippen LogP contribution in [0.2, 0.25) is 0 Å². The molecule has 0 spiro atoms. The van der Waals surface area contributed by atoms with Gasteiger partial charge in [-0.2, -0.15) is 5.26 Å². The molecule has 3 rings (SSSR count). The number of aromatic nitrogens is 4. The van der Waals surface area contributed by atoms with Crippen molar-refractivity contribution in [3.8, 4) is 6.07 Å². The van der Waals surface area contributed by atoms with Gasteiger partial charge in [0.25, 0.3) is 0 Å². The van der Waals surface area contributed by atoms with Gasteiger partial charge in [-0.25, -0.2) is 15.0 Å². The van der Waals surface area contributed by atoms with Crippen LogP contribution in [0.3, 0.4) is 0 Å². The molecule has 1 aliphatic rings. The highest BCUT2D eigenvalue weighted by molar-refractivity contribution is 5.42. The maximum atomic E-state index is 8.88. The molecule has 2 atom stereocenters. The zero-order valence-corrected chi connectivity index (χ0v) is 12.8. The zero-order chi connectivity index (χ0) is 16.1. The van der Waals surface area contributed by atoms with E-state index in [1.54, 1.807) is 25.8 Å². The molecule has 1 aliphatic heterocycles. The summed E-state index contributed by atoms with van der Waals surface area (Å²) in [5.41, 5.74) is 0.295. The van der Waals surface area contributed by atoms with Gasteiger partial charge in [-0.1, -0.05) is 0 Å². The molecule has 8 nitrogen and oxygen atoms in total. The van der Waals surface area contributed by atoms with Crippen LogP contribution < -0.4 is 10.2 Å². The topological polar surface area (TPSA) is 99.8 Å². The molecule has 2 aromatic rings. The summed E-state index contributed by atoms with van der Waals surface area (Å²) >= 11 is 0. The average molecular weight is 311 g/mol. The second-order valence-corrected chi connectivity index (χ2v) is 5.25. The molecule has 1 N–H and O–H groups in total. The normalized spacial score (nSPS) is 20.3. The molecular weight excluding hydrogens is 294 g/mol. The molecule has 8 heteroatoms. The van der Waals surface area contributed by atoms with Gasteiger partial charge in [-0.15, -0.1) is 0 Å². The number of nitrogens with zero attached hydrogens (tertiary/aromatic N) is 6. The number of methoxy groups -OCH3 is 1. The largest absolute Gasteiger partial charge is 0.380 e. The molecule has 2 aromatic heterocycles. The molecule has 0 aromatic carbocycles. The van der Waals surface area contributed by atoms with E-state index in [4.69, 9.17) is 10.00 Å². The lowest BCUT2D eigenvalue weighted by molar-refractivity contribution is 0.118. The van der Waals surface area contributed by atoms with Crippen LogP contribution in [0, 0.1) is 11.3 Å². The number of rotatable bonds is 5. The zero-order valence-electron chi connectivity index (χ0n) is 12.8. The van der Waals surface area contributed by atoms with Gasteiger partial charge >= 0.3 is 0 Å². The van der Waals surface area contributed by atoms with E-state index in [1.807, 2.05) is 12.1 Å². The van der Waals surface area contributed by atoms with E-state index in [-0.39, 0.29) is 12.1 Å². The highest BCUT2D eigenvalue weighted by atomic mass is 16.5. The summed E-state index contributed by atoms with van der Waals surface area (Å²) in [5.74, 6) is 1.47. The summed E-state index contributed by atoms with van der Waals surface area (Å²) in [6.45, 7) is 1.44. The van der Waals surface area contributed by atoms with Gasteiger partial charge in [-0.3, -0.25) is 4.98 Å². The Balaban J connectivity index is 1.70. The SMILES string of the molecule is CO[C@@H]1C[C@H](CNc2cncc(C#N)n2)N(c2ccncn2)C1. The number of nitrogens with one attached hydrogen (secondary N) is 1. The molecule has 1 saturated heterocycles. The fourth-order valence-corrected chi connectivity index (χ4v) is 2.70. The number of hydrogen-bond acceptors (Lipinski definition) is 8. The first-order chi connectivity index (χ1) is 11.3. The fourth-order valence-electron chi connectivity index (χ4n) is 2.70. The van der Waals surface area contributed by atoms with E-state index in [1.165, 1.54) is 6.20 Å². The Morgan fingerprint density at radius 3 is 3.09 bits per heavy atom. The van der Waals surface area contributed by atoms with E-state index in [2.05, 4.69) is 30.2 Å². The number of ether oxygens (including phenoxy) is 1. The Labute approximate surface area is 134 Å². The highest BCUT2D eigenvalue weighted by Gasteiger charge is 2.32. The van der Waals surface area contributed by atoms with Gasteiger partial charge in [0.05, 0.1) is 24.5 Å². The van der Waals surface area contributed by atoms with Crippen LogP contribution in [0.15, 0.2) is 31.0 Å². The van der Waals surface area contributed by atoms with E-state index in [0.29, 0.717) is 18.1 Å². The number of anilines is 2. The molecular formula is C15H17N7O.